The van der Waals surface area contributed by atoms with Gasteiger partial charge in [-0.15, -0.1) is 0 Å². The number of halogens is 1. The molecule has 0 radical (unpaired) electrons. The highest BCUT2D eigenvalue weighted by Gasteiger charge is 2.06. The van der Waals surface area contributed by atoms with Crippen LogP contribution in [0.2, 0.25) is 0 Å². The molecule has 0 fully saturated rings. The molecule has 3 heteroatoms. The van der Waals surface area contributed by atoms with Gasteiger partial charge < -0.3 is 5.32 Å². The van der Waals surface area contributed by atoms with Crippen LogP contribution in [0.15, 0.2) is 0 Å². The fraction of sp³-hybridized carbons (Fsp3) is 0.917. The SMILES string of the molecule is CCC(C)CC(=O)NCCCC(C)CBr. The summed E-state index contributed by atoms with van der Waals surface area (Å²) in [5.74, 6) is 1.42. The molecule has 15 heavy (non-hydrogen) atoms. The first-order chi connectivity index (χ1) is 7.10. The fourth-order valence-electron chi connectivity index (χ4n) is 1.29. The molecule has 0 aromatic carbocycles. The first-order valence-electron chi connectivity index (χ1n) is 5.92. The lowest BCUT2D eigenvalue weighted by molar-refractivity contribution is -0.121. The van der Waals surface area contributed by atoms with Crippen LogP contribution in [0.25, 0.3) is 0 Å². The average Bonchev–Trinajstić information content (AvgIpc) is 2.23. The van der Waals surface area contributed by atoms with Crippen LogP contribution in [-0.4, -0.2) is 17.8 Å². The predicted octanol–water partition coefficient (Wildman–Crippen LogP) is 3.35. The molecule has 0 bridgehead atoms. The summed E-state index contributed by atoms with van der Waals surface area (Å²) in [5, 5.41) is 4.02. The molecule has 1 amide bonds. The monoisotopic (exact) mass is 277 g/mol. The summed E-state index contributed by atoms with van der Waals surface area (Å²) in [4.78, 5) is 11.4. The molecule has 0 aliphatic rings. The lowest BCUT2D eigenvalue weighted by Gasteiger charge is -2.10. The summed E-state index contributed by atoms with van der Waals surface area (Å²) in [6.07, 6.45) is 4.01. The molecule has 0 heterocycles. The van der Waals surface area contributed by atoms with Gasteiger partial charge >= 0.3 is 0 Å². The van der Waals surface area contributed by atoms with Crippen molar-refractivity contribution in [3.05, 3.63) is 0 Å². The third kappa shape index (κ3) is 8.91. The summed E-state index contributed by atoms with van der Waals surface area (Å²) in [6, 6.07) is 0. The van der Waals surface area contributed by atoms with Crippen molar-refractivity contribution >= 4 is 21.8 Å². The van der Waals surface area contributed by atoms with Crippen LogP contribution in [0.1, 0.15) is 46.5 Å². The zero-order valence-electron chi connectivity index (χ0n) is 10.2. The molecule has 2 nitrogen and oxygen atoms in total. The van der Waals surface area contributed by atoms with Crippen molar-refractivity contribution in [3.8, 4) is 0 Å². The molecule has 0 aliphatic heterocycles. The topological polar surface area (TPSA) is 29.1 Å². The van der Waals surface area contributed by atoms with Crippen LogP contribution in [0.4, 0.5) is 0 Å². The van der Waals surface area contributed by atoms with Crippen LogP contribution in [-0.2, 0) is 4.79 Å². The molecule has 0 spiro atoms. The maximum atomic E-state index is 11.4. The molecule has 0 rings (SSSR count). The van der Waals surface area contributed by atoms with E-state index in [1.165, 1.54) is 6.42 Å². The van der Waals surface area contributed by atoms with Gasteiger partial charge in [0, 0.05) is 18.3 Å². The van der Waals surface area contributed by atoms with E-state index in [0.717, 1.165) is 24.7 Å². The van der Waals surface area contributed by atoms with Crippen molar-refractivity contribution in [3.63, 3.8) is 0 Å². The number of alkyl halides is 1. The lowest BCUT2D eigenvalue weighted by Crippen LogP contribution is -2.26. The smallest absolute Gasteiger partial charge is 0.220 e. The average molecular weight is 278 g/mol. The van der Waals surface area contributed by atoms with Gasteiger partial charge in [-0.1, -0.05) is 43.1 Å². The van der Waals surface area contributed by atoms with Crippen LogP contribution < -0.4 is 5.32 Å². The number of carbonyl (C=O) groups excluding carboxylic acids is 1. The minimum Gasteiger partial charge on any atom is -0.356 e. The fourth-order valence-corrected chi connectivity index (χ4v) is 1.61. The Hall–Kier alpha value is -0.0500. The third-order valence-electron chi connectivity index (χ3n) is 2.69. The third-order valence-corrected chi connectivity index (χ3v) is 3.80. The molecule has 0 saturated carbocycles. The largest absolute Gasteiger partial charge is 0.356 e. The Kier molecular flexibility index (Phi) is 9.17. The Morgan fingerprint density at radius 1 is 1.33 bits per heavy atom. The van der Waals surface area contributed by atoms with Gasteiger partial charge in [0.2, 0.25) is 5.91 Å². The van der Waals surface area contributed by atoms with Crippen molar-refractivity contribution < 1.29 is 4.79 Å². The normalized spacial score (nSPS) is 14.7. The Morgan fingerprint density at radius 3 is 2.53 bits per heavy atom. The second-order valence-corrected chi connectivity index (χ2v) is 5.12. The van der Waals surface area contributed by atoms with E-state index in [4.69, 9.17) is 0 Å². The van der Waals surface area contributed by atoms with Crippen molar-refractivity contribution in [2.75, 3.05) is 11.9 Å². The van der Waals surface area contributed by atoms with E-state index in [1.54, 1.807) is 0 Å². The Morgan fingerprint density at radius 2 is 2.00 bits per heavy atom. The second kappa shape index (κ2) is 9.20. The number of nitrogens with one attached hydrogen (secondary N) is 1. The highest BCUT2D eigenvalue weighted by atomic mass is 79.9. The molecule has 0 aromatic rings. The number of amides is 1. The van der Waals surface area contributed by atoms with Gasteiger partial charge in [0.05, 0.1) is 0 Å². The van der Waals surface area contributed by atoms with Crippen LogP contribution >= 0.6 is 15.9 Å². The van der Waals surface area contributed by atoms with Crippen molar-refractivity contribution in [2.24, 2.45) is 11.8 Å². The lowest BCUT2D eigenvalue weighted by atomic mass is 10.0. The molecule has 1 N–H and O–H groups in total. The molecule has 2 unspecified atom stereocenters. The predicted molar refractivity (Wildman–Crippen MR) is 69.3 cm³/mol. The molecule has 0 saturated heterocycles. The van der Waals surface area contributed by atoms with E-state index in [9.17, 15) is 4.79 Å². The molecule has 90 valence electrons. The molecule has 0 aromatic heterocycles. The van der Waals surface area contributed by atoms with Crippen LogP contribution in [0, 0.1) is 11.8 Å². The second-order valence-electron chi connectivity index (χ2n) is 4.47. The van der Waals surface area contributed by atoms with Gasteiger partial charge in [0.25, 0.3) is 0 Å². The van der Waals surface area contributed by atoms with Gasteiger partial charge in [-0.25, -0.2) is 0 Å². The first kappa shape index (κ1) is 14.9. The highest BCUT2D eigenvalue weighted by molar-refractivity contribution is 9.09. The standard InChI is InChI=1S/C12H24BrNO/c1-4-10(2)8-12(15)14-7-5-6-11(3)9-13/h10-11H,4-9H2,1-3H3,(H,14,15). The summed E-state index contributed by atoms with van der Waals surface area (Å²) in [6.45, 7) is 7.28. The Labute approximate surface area is 102 Å². The summed E-state index contributed by atoms with van der Waals surface area (Å²) in [7, 11) is 0. The van der Waals surface area contributed by atoms with Gasteiger partial charge in [-0.2, -0.15) is 0 Å². The van der Waals surface area contributed by atoms with Gasteiger partial charge in [-0.3, -0.25) is 4.79 Å². The first-order valence-corrected chi connectivity index (χ1v) is 7.04. The molecular weight excluding hydrogens is 254 g/mol. The zero-order valence-corrected chi connectivity index (χ0v) is 11.8. The van der Waals surface area contributed by atoms with Crippen LogP contribution in [0.5, 0.6) is 0 Å². The Balaban J connectivity index is 3.39. The zero-order chi connectivity index (χ0) is 11.7. The quantitative estimate of drug-likeness (QED) is 0.535. The maximum Gasteiger partial charge on any atom is 0.220 e. The molecule has 2 atom stereocenters. The molecular formula is C12H24BrNO. The molecule has 0 aliphatic carbocycles. The van der Waals surface area contributed by atoms with Crippen molar-refractivity contribution in [1.29, 1.82) is 0 Å². The number of rotatable bonds is 8. The summed E-state index contributed by atoms with van der Waals surface area (Å²) in [5.41, 5.74) is 0. The summed E-state index contributed by atoms with van der Waals surface area (Å²) >= 11 is 3.45. The van der Waals surface area contributed by atoms with E-state index in [1.807, 2.05) is 0 Å². The van der Waals surface area contributed by atoms with Crippen LogP contribution in [0.3, 0.4) is 0 Å². The van der Waals surface area contributed by atoms with Crippen molar-refractivity contribution in [2.45, 2.75) is 46.5 Å². The minimum absolute atomic E-state index is 0.204. The Bertz CT molecular complexity index is 173. The summed E-state index contributed by atoms with van der Waals surface area (Å²) < 4.78 is 0. The van der Waals surface area contributed by atoms with E-state index in [0.29, 0.717) is 18.3 Å². The number of hydrogen-bond acceptors (Lipinski definition) is 1. The van der Waals surface area contributed by atoms with E-state index >= 15 is 0 Å². The minimum atomic E-state index is 0.204. The van der Waals surface area contributed by atoms with E-state index in [-0.39, 0.29) is 5.91 Å². The van der Waals surface area contributed by atoms with Gasteiger partial charge in [-0.05, 0) is 24.7 Å². The van der Waals surface area contributed by atoms with Crippen molar-refractivity contribution in [1.82, 2.24) is 5.32 Å². The number of carbonyl (C=O) groups is 1. The highest BCUT2D eigenvalue weighted by Crippen LogP contribution is 2.08. The van der Waals surface area contributed by atoms with E-state index < -0.39 is 0 Å². The van der Waals surface area contributed by atoms with E-state index in [2.05, 4.69) is 42.0 Å². The van der Waals surface area contributed by atoms with Gasteiger partial charge in [0.15, 0.2) is 0 Å². The van der Waals surface area contributed by atoms with Gasteiger partial charge in [0.1, 0.15) is 0 Å². The number of hydrogen-bond donors (Lipinski definition) is 1. The maximum absolute atomic E-state index is 11.4.